The molecular weight excluding hydrogens is 376 g/mol. The molecule has 3 aliphatic heterocycles. The SMILES string of the molecule is CC[C@@]12C=C(C(=S)N=C(C)N(C)C)n3c4c(c5ccccc53)CCN(CCC1)[C@H]42. The van der Waals surface area contributed by atoms with Gasteiger partial charge < -0.3 is 9.47 Å². The molecule has 29 heavy (non-hydrogen) atoms. The Kier molecular flexibility index (Phi) is 4.44. The van der Waals surface area contributed by atoms with Gasteiger partial charge in [-0.2, -0.15) is 0 Å². The van der Waals surface area contributed by atoms with Crippen molar-refractivity contribution in [3.63, 3.8) is 0 Å². The maximum atomic E-state index is 5.94. The van der Waals surface area contributed by atoms with E-state index in [-0.39, 0.29) is 5.41 Å². The van der Waals surface area contributed by atoms with Gasteiger partial charge in [0.1, 0.15) is 5.84 Å². The first-order valence-electron chi connectivity index (χ1n) is 10.8. The fourth-order valence-electron chi connectivity index (χ4n) is 5.74. The molecule has 0 bridgehead atoms. The first-order chi connectivity index (χ1) is 14.0. The van der Waals surface area contributed by atoms with E-state index in [0.29, 0.717) is 11.0 Å². The lowest BCUT2D eigenvalue weighted by molar-refractivity contribution is 0.0273. The van der Waals surface area contributed by atoms with Crippen molar-refractivity contribution in [3.05, 3.63) is 41.6 Å². The minimum atomic E-state index is 0.152. The van der Waals surface area contributed by atoms with Gasteiger partial charge in [0.25, 0.3) is 0 Å². The number of aliphatic imine (C=N–C) groups is 1. The molecule has 4 heterocycles. The second kappa shape index (κ2) is 6.78. The molecule has 152 valence electrons. The number of para-hydroxylation sites is 1. The first-order valence-corrected chi connectivity index (χ1v) is 11.2. The van der Waals surface area contributed by atoms with Crippen molar-refractivity contribution in [1.82, 2.24) is 14.4 Å². The van der Waals surface area contributed by atoms with Gasteiger partial charge in [-0.3, -0.25) is 4.90 Å². The number of piperidine rings is 1. The summed E-state index contributed by atoms with van der Waals surface area (Å²) in [4.78, 5) is 10.3. The predicted molar refractivity (Wildman–Crippen MR) is 126 cm³/mol. The molecule has 2 atom stereocenters. The first kappa shape index (κ1) is 19.0. The van der Waals surface area contributed by atoms with E-state index >= 15 is 0 Å². The minimum absolute atomic E-state index is 0.152. The van der Waals surface area contributed by atoms with Crippen molar-refractivity contribution in [3.8, 4) is 0 Å². The number of amidine groups is 1. The van der Waals surface area contributed by atoms with Gasteiger partial charge in [-0.05, 0) is 56.9 Å². The molecule has 0 aliphatic carbocycles. The molecule has 0 unspecified atom stereocenters. The van der Waals surface area contributed by atoms with Crippen LogP contribution in [0.4, 0.5) is 0 Å². The third kappa shape index (κ3) is 2.67. The molecule has 1 aromatic carbocycles. The number of nitrogens with zero attached hydrogens (tertiary/aromatic N) is 4. The average Bonchev–Trinajstić information content (AvgIpc) is 3.07. The summed E-state index contributed by atoms with van der Waals surface area (Å²) in [6.45, 7) is 6.75. The molecule has 1 saturated heterocycles. The molecular formula is C24H30N4S. The lowest BCUT2D eigenvalue weighted by Crippen LogP contribution is -2.51. The van der Waals surface area contributed by atoms with E-state index in [9.17, 15) is 0 Å². The molecule has 4 nitrogen and oxygen atoms in total. The second-order valence-electron chi connectivity index (χ2n) is 8.98. The van der Waals surface area contributed by atoms with Crippen LogP contribution in [0, 0.1) is 5.41 Å². The van der Waals surface area contributed by atoms with Crippen molar-refractivity contribution >= 4 is 39.6 Å². The lowest BCUT2D eigenvalue weighted by Gasteiger charge is -2.53. The van der Waals surface area contributed by atoms with Crippen molar-refractivity contribution in [1.29, 1.82) is 0 Å². The smallest absolute Gasteiger partial charge is 0.151 e. The van der Waals surface area contributed by atoms with Crippen molar-refractivity contribution in [2.75, 3.05) is 27.2 Å². The number of fused-ring (bicyclic) bond motifs is 3. The Balaban J connectivity index is 1.80. The average molecular weight is 407 g/mol. The molecule has 0 N–H and O–H groups in total. The quantitative estimate of drug-likeness (QED) is 0.403. The summed E-state index contributed by atoms with van der Waals surface area (Å²) in [5.41, 5.74) is 5.56. The van der Waals surface area contributed by atoms with Gasteiger partial charge in [0.05, 0.1) is 17.3 Å². The maximum Gasteiger partial charge on any atom is 0.151 e. The fourth-order valence-corrected chi connectivity index (χ4v) is 6.02. The molecule has 0 amide bonds. The van der Waals surface area contributed by atoms with Crippen LogP contribution in [0.15, 0.2) is 35.3 Å². The highest BCUT2D eigenvalue weighted by atomic mass is 32.1. The maximum absolute atomic E-state index is 5.94. The highest BCUT2D eigenvalue weighted by molar-refractivity contribution is 7.81. The minimum Gasteiger partial charge on any atom is -0.366 e. The number of hydrogen-bond acceptors (Lipinski definition) is 2. The molecule has 0 saturated carbocycles. The van der Waals surface area contributed by atoms with Gasteiger partial charge >= 0.3 is 0 Å². The molecule has 1 fully saturated rings. The number of benzene rings is 1. The van der Waals surface area contributed by atoms with E-state index in [1.165, 1.54) is 48.1 Å². The summed E-state index contributed by atoms with van der Waals surface area (Å²) >= 11 is 5.94. The van der Waals surface area contributed by atoms with Crippen molar-refractivity contribution in [2.45, 2.75) is 45.6 Å². The lowest BCUT2D eigenvalue weighted by atomic mass is 9.66. The van der Waals surface area contributed by atoms with E-state index in [4.69, 9.17) is 17.2 Å². The van der Waals surface area contributed by atoms with Crippen LogP contribution in [0.5, 0.6) is 0 Å². The summed E-state index contributed by atoms with van der Waals surface area (Å²) in [7, 11) is 4.04. The predicted octanol–water partition coefficient (Wildman–Crippen LogP) is 4.89. The van der Waals surface area contributed by atoms with Crippen LogP contribution in [0.25, 0.3) is 16.6 Å². The molecule has 5 heteroatoms. The highest BCUT2D eigenvalue weighted by Gasteiger charge is 2.50. The number of thiocarbonyl (C=S) groups is 1. The Morgan fingerprint density at radius 1 is 1.28 bits per heavy atom. The topological polar surface area (TPSA) is 23.8 Å². The van der Waals surface area contributed by atoms with Crippen LogP contribution in [0.2, 0.25) is 0 Å². The van der Waals surface area contributed by atoms with E-state index in [1.807, 2.05) is 25.9 Å². The third-order valence-electron chi connectivity index (χ3n) is 7.38. The van der Waals surface area contributed by atoms with Gasteiger partial charge in [0, 0.05) is 37.1 Å². The van der Waals surface area contributed by atoms with Crippen molar-refractivity contribution < 1.29 is 0 Å². The zero-order valence-corrected chi connectivity index (χ0v) is 18.7. The summed E-state index contributed by atoms with van der Waals surface area (Å²) in [5.74, 6) is 0.944. The molecule has 5 rings (SSSR count). The second-order valence-corrected chi connectivity index (χ2v) is 9.37. The Bertz CT molecular complexity index is 1060. The summed E-state index contributed by atoms with van der Waals surface area (Å²) in [5, 5.41) is 1.39. The molecule has 1 aromatic heterocycles. The molecule has 3 aliphatic rings. The van der Waals surface area contributed by atoms with Crippen LogP contribution in [0.1, 0.15) is 50.4 Å². The standard InChI is InChI=1S/C24H30N4S/c1-5-24-12-8-13-27-14-11-18-17-9-6-7-10-19(17)28(21(18)22(24)27)20(15-24)23(29)25-16(2)26(3)4/h6-7,9-10,15,22H,5,8,11-14H2,1-4H3/t22-,24+/m1/s1. The fraction of sp³-hybridized carbons (Fsp3) is 0.500. The normalized spacial score (nSPS) is 26.3. The van der Waals surface area contributed by atoms with E-state index in [1.54, 1.807) is 0 Å². The monoisotopic (exact) mass is 406 g/mol. The summed E-state index contributed by atoms with van der Waals surface area (Å²) < 4.78 is 2.45. The molecule has 0 spiro atoms. The largest absolute Gasteiger partial charge is 0.366 e. The van der Waals surface area contributed by atoms with E-state index < -0.39 is 0 Å². The zero-order chi connectivity index (χ0) is 20.3. The van der Waals surface area contributed by atoms with Crippen LogP contribution >= 0.6 is 12.2 Å². The van der Waals surface area contributed by atoms with Gasteiger partial charge in [0.15, 0.2) is 4.99 Å². The van der Waals surface area contributed by atoms with Gasteiger partial charge in [-0.25, -0.2) is 4.99 Å². The highest BCUT2D eigenvalue weighted by Crippen LogP contribution is 2.57. The summed E-state index contributed by atoms with van der Waals surface area (Å²) in [6.07, 6.45) is 7.24. The Hall–Kier alpha value is -1.98. The molecule has 2 aromatic rings. The third-order valence-corrected chi connectivity index (χ3v) is 7.68. The Morgan fingerprint density at radius 2 is 2.07 bits per heavy atom. The van der Waals surface area contributed by atoms with E-state index in [2.05, 4.69) is 46.7 Å². The van der Waals surface area contributed by atoms with Gasteiger partial charge in [-0.15, -0.1) is 0 Å². The van der Waals surface area contributed by atoms with Gasteiger partial charge in [0.2, 0.25) is 0 Å². The molecule has 0 radical (unpaired) electrons. The number of aromatic nitrogens is 1. The Morgan fingerprint density at radius 3 is 2.83 bits per heavy atom. The van der Waals surface area contributed by atoms with Crippen LogP contribution < -0.4 is 0 Å². The summed E-state index contributed by atoms with van der Waals surface area (Å²) in [6, 6.07) is 9.31. The van der Waals surface area contributed by atoms with Crippen molar-refractivity contribution in [2.24, 2.45) is 10.4 Å². The van der Waals surface area contributed by atoms with Gasteiger partial charge in [-0.1, -0.05) is 37.3 Å². The Labute approximate surface area is 178 Å². The van der Waals surface area contributed by atoms with Crippen LogP contribution in [-0.2, 0) is 6.42 Å². The van der Waals surface area contributed by atoms with E-state index in [0.717, 1.165) is 24.4 Å². The zero-order valence-electron chi connectivity index (χ0n) is 17.9. The number of rotatable bonds is 2. The number of hydrogen-bond donors (Lipinski definition) is 0. The van der Waals surface area contributed by atoms with Crippen LogP contribution in [0.3, 0.4) is 0 Å². The van der Waals surface area contributed by atoms with Crippen LogP contribution in [-0.4, -0.2) is 52.4 Å².